The summed E-state index contributed by atoms with van der Waals surface area (Å²) < 4.78 is 15.5. The fourth-order valence-corrected chi connectivity index (χ4v) is 2.17. The maximum Gasteiger partial charge on any atom is 0.206 e. The van der Waals surface area contributed by atoms with Crippen molar-refractivity contribution in [3.63, 3.8) is 0 Å². The minimum atomic E-state index is -0.0967. The highest BCUT2D eigenvalue weighted by Crippen LogP contribution is 2.27. The van der Waals surface area contributed by atoms with Crippen LogP contribution in [0.4, 0.5) is 0 Å². The predicted molar refractivity (Wildman–Crippen MR) is 92.7 cm³/mol. The molecule has 0 unspecified atom stereocenters. The van der Waals surface area contributed by atoms with Gasteiger partial charge in [0.15, 0.2) is 11.5 Å². The second-order valence-corrected chi connectivity index (χ2v) is 5.09. The van der Waals surface area contributed by atoms with Crippen molar-refractivity contribution in [1.29, 1.82) is 0 Å². The van der Waals surface area contributed by atoms with E-state index in [0.29, 0.717) is 24.3 Å². The van der Waals surface area contributed by atoms with E-state index in [1.54, 1.807) is 21.3 Å². The van der Waals surface area contributed by atoms with E-state index >= 15 is 0 Å². The summed E-state index contributed by atoms with van der Waals surface area (Å²) in [5.74, 6) is 7.54. The Kier molecular flexibility index (Phi) is 6.27. The molecule has 2 aromatic carbocycles. The Morgan fingerprint density at radius 2 is 1.62 bits per heavy atom. The molecule has 0 fully saturated rings. The first-order chi connectivity index (χ1) is 11.7. The SMILES string of the molecule is COc1ccc(C#CC(=O)CCc2ccc(OC)c(OC)c2)cc1. The van der Waals surface area contributed by atoms with Crippen LogP contribution in [0.1, 0.15) is 17.5 Å². The number of aryl methyl sites for hydroxylation is 1. The van der Waals surface area contributed by atoms with Crippen LogP contribution in [-0.2, 0) is 11.2 Å². The molecule has 0 aliphatic rings. The van der Waals surface area contributed by atoms with Gasteiger partial charge in [0.05, 0.1) is 21.3 Å². The summed E-state index contributed by atoms with van der Waals surface area (Å²) >= 11 is 0. The monoisotopic (exact) mass is 324 g/mol. The average molecular weight is 324 g/mol. The second kappa shape index (κ2) is 8.64. The highest BCUT2D eigenvalue weighted by atomic mass is 16.5. The van der Waals surface area contributed by atoms with Crippen molar-refractivity contribution in [2.75, 3.05) is 21.3 Å². The number of methoxy groups -OCH3 is 3. The number of rotatable bonds is 6. The van der Waals surface area contributed by atoms with Gasteiger partial charge in [0, 0.05) is 12.0 Å². The van der Waals surface area contributed by atoms with Gasteiger partial charge in [-0.15, -0.1) is 0 Å². The highest BCUT2D eigenvalue weighted by molar-refractivity contribution is 5.96. The Bertz CT molecular complexity index is 751. The summed E-state index contributed by atoms with van der Waals surface area (Å²) in [5, 5.41) is 0. The first-order valence-corrected chi connectivity index (χ1v) is 7.56. The maximum absolute atomic E-state index is 11.9. The minimum absolute atomic E-state index is 0.0967. The fourth-order valence-electron chi connectivity index (χ4n) is 2.17. The van der Waals surface area contributed by atoms with Gasteiger partial charge in [-0.05, 0) is 54.3 Å². The smallest absolute Gasteiger partial charge is 0.206 e. The molecule has 0 aliphatic carbocycles. The average Bonchev–Trinajstić information content (AvgIpc) is 2.64. The lowest BCUT2D eigenvalue weighted by Crippen LogP contribution is -1.98. The van der Waals surface area contributed by atoms with Crippen LogP contribution in [-0.4, -0.2) is 27.1 Å². The number of carbonyl (C=O) groups excluding carboxylic acids is 1. The Balaban J connectivity index is 1.94. The Hall–Kier alpha value is -2.93. The number of hydrogen-bond donors (Lipinski definition) is 0. The largest absolute Gasteiger partial charge is 0.497 e. The lowest BCUT2D eigenvalue weighted by atomic mass is 10.1. The van der Waals surface area contributed by atoms with Gasteiger partial charge >= 0.3 is 0 Å². The van der Waals surface area contributed by atoms with E-state index in [9.17, 15) is 4.79 Å². The zero-order chi connectivity index (χ0) is 17.4. The molecule has 24 heavy (non-hydrogen) atoms. The molecular formula is C20H20O4. The summed E-state index contributed by atoms with van der Waals surface area (Å²) in [4.78, 5) is 11.9. The molecule has 0 radical (unpaired) electrons. The third-order valence-corrected chi connectivity index (χ3v) is 3.52. The van der Waals surface area contributed by atoms with Gasteiger partial charge in [0.2, 0.25) is 5.78 Å². The molecule has 4 nitrogen and oxygen atoms in total. The summed E-state index contributed by atoms with van der Waals surface area (Å²) in [6.07, 6.45) is 0.967. The van der Waals surface area contributed by atoms with Crippen molar-refractivity contribution >= 4 is 5.78 Å². The highest BCUT2D eigenvalue weighted by Gasteiger charge is 2.06. The number of hydrogen-bond acceptors (Lipinski definition) is 4. The third-order valence-electron chi connectivity index (χ3n) is 3.52. The minimum Gasteiger partial charge on any atom is -0.497 e. The molecule has 0 N–H and O–H groups in total. The standard InChI is InChI=1S/C20H20O4/c1-22-18-11-6-15(7-12-18)4-9-17(21)10-5-16-8-13-19(23-2)20(14-16)24-3/h6-8,11-14H,5,10H2,1-3H3. The van der Waals surface area contributed by atoms with E-state index < -0.39 is 0 Å². The van der Waals surface area contributed by atoms with Crippen molar-refractivity contribution in [3.8, 4) is 29.1 Å². The maximum atomic E-state index is 11.9. The molecule has 0 spiro atoms. The van der Waals surface area contributed by atoms with Crippen molar-refractivity contribution in [3.05, 3.63) is 53.6 Å². The van der Waals surface area contributed by atoms with Crippen LogP contribution in [0.15, 0.2) is 42.5 Å². The van der Waals surface area contributed by atoms with E-state index in [-0.39, 0.29) is 5.78 Å². The number of ketones is 1. The first kappa shape index (κ1) is 17.4. The lowest BCUT2D eigenvalue weighted by molar-refractivity contribution is -0.113. The van der Waals surface area contributed by atoms with E-state index in [2.05, 4.69) is 11.8 Å². The molecule has 0 saturated heterocycles. The van der Waals surface area contributed by atoms with Crippen LogP contribution in [0.25, 0.3) is 0 Å². The predicted octanol–water partition coefficient (Wildman–Crippen LogP) is 3.27. The van der Waals surface area contributed by atoms with Crippen molar-refractivity contribution in [2.24, 2.45) is 0 Å². The van der Waals surface area contributed by atoms with E-state index in [1.165, 1.54) is 0 Å². The topological polar surface area (TPSA) is 44.8 Å². The van der Waals surface area contributed by atoms with E-state index in [1.807, 2.05) is 42.5 Å². The van der Waals surface area contributed by atoms with Gasteiger partial charge in [-0.3, -0.25) is 4.79 Å². The number of carbonyl (C=O) groups is 1. The molecule has 0 aliphatic heterocycles. The molecular weight excluding hydrogens is 304 g/mol. The van der Waals surface area contributed by atoms with Crippen LogP contribution >= 0.6 is 0 Å². The number of ether oxygens (including phenoxy) is 3. The molecule has 124 valence electrons. The van der Waals surface area contributed by atoms with Crippen LogP contribution in [0.3, 0.4) is 0 Å². The van der Waals surface area contributed by atoms with Gasteiger partial charge in [-0.25, -0.2) is 0 Å². The van der Waals surface area contributed by atoms with Gasteiger partial charge in [-0.1, -0.05) is 12.0 Å². The molecule has 0 atom stereocenters. The van der Waals surface area contributed by atoms with E-state index in [4.69, 9.17) is 14.2 Å². The fraction of sp³-hybridized carbons (Fsp3) is 0.250. The molecule has 0 amide bonds. The molecule has 2 aromatic rings. The number of benzene rings is 2. The first-order valence-electron chi connectivity index (χ1n) is 7.56. The van der Waals surface area contributed by atoms with Crippen molar-refractivity contribution < 1.29 is 19.0 Å². The van der Waals surface area contributed by atoms with Crippen LogP contribution in [0, 0.1) is 11.8 Å². The molecule has 2 rings (SSSR count). The third kappa shape index (κ3) is 4.79. The molecule has 0 aromatic heterocycles. The molecule has 4 heteroatoms. The summed E-state index contributed by atoms with van der Waals surface area (Å²) in [6.45, 7) is 0. The zero-order valence-electron chi connectivity index (χ0n) is 14.1. The zero-order valence-corrected chi connectivity index (χ0v) is 14.1. The van der Waals surface area contributed by atoms with Gasteiger partial charge in [0.1, 0.15) is 5.75 Å². The lowest BCUT2D eigenvalue weighted by Gasteiger charge is -2.08. The summed E-state index contributed by atoms with van der Waals surface area (Å²) in [5.41, 5.74) is 1.79. The van der Waals surface area contributed by atoms with Gasteiger partial charge < -0.3 is 14.2 Å². The second-order valence-electron chi connectivity index (χ2n) is 5.09. The Morgan fingerprint density at radius 1 is 0.917 bits per heavy atom. The Morgan fingerprint density at radius 3 is 2.25 bits per heavy atom. The van der Waals surface area contributed by atoms with Gasteiger partial charge in [0.25, 0.3) is 0 Å². The Labute approximate surface area is 142 Å². The van der Waals surface area contributed by atoms with Crippen LogP contribution in [0.5, 0.6) is 17.2 Å². The normalized spacial score (nSPS) is 9.62. The van der Waals surface area contributed by atoms with Crippen molar-refractivity contribution in [1.82, 2.24) is 0 Å². The summed E-state index contributed by atoms with van der Waals surface area (Å²) in [6, 6.07) is 12.9. The van der Waals surface area contributed by atoms with Crippen LogP contribution in [0.2, 0.25) is 0 Å². The molecule has 0 bridgehead atoms. The van der Waals surface area contributed by atoms with Crippen molar-refractivity contribution in [2.45, 2.75) is 12.8 Å². The quantitative estimate of drug-likeness (QED) is 0.765. The molecule has 0 saturated carbocycles. The van der Waals surface area contributed by atoms with Crippen LogP contribution < -0.4 is 14.2 Å². The number of Topliss-reactive ketones (excluding diaryl/α,β-unsaturated/α-hetero) is 1. The summed E-state index contributed by atoms with van der Waals surface area (Å²) in [7, 11) is 4.79. The molecule has 0 heterocycles. The van der Waals surface area contributed by atoms with E-state index in [0.717, 1.165) is 16.9 Å². The van der Waals surface area contributed by atoms with Gasteiger partial charge in [-0.2, -0.15) is 0 Å².